The summed E-state index contributed by atoms with van der Waals surface area (Å²) in [5.41, 5.74) is 1.80. The summed E-state index contributed by atoms with van der Waals surface area (Å²) in [5, 5.41) is 10.1. The van der Waals surface area contributed by atoms with Gasteiger partial charge in [-0.2, -0.15) is 0 Å². The van der Waals surface area contributed by atoms with Gasteiger partial charge >= 0.3 is 0 Å². The molecular formula is C19H23ClN4O. The molecule has 0 heterocycles. The first-order valence-electron chi connectivity index (χ1n) is 8.21. The van der Waals surface area contributed by atoms with E-state index in [0.717, 1.165) is 29.5 Å². The van der Waals surface area contributed by atoms with Gasteiger partial charge in [0.2, 0.25) is 0 Å². The lowest BCUT2D eigenvalue weighted by atomic mass is 10.2. The van der Waals surface area contributed by atoms with Gasteiger partial charge in [0.05, 0.1) is 0 Å². The Balaban J connectivity index is 1.62. The first-order valence-corrected chi connectivity index (χ1v) is 8.59. The molecule has 0 spiro atoms. The quantitative estimate of drug-likeness (QED) is 0.405. The van der Waals surface area contributed by atoms with Crippen LogP contribution in [0, 0.1) is 0 Å². The van der Waals surface area contributed by atoms with Gasteiger partial charge in [0.1, 0.15) is 0 Å². The van der Waals surface area contributed by atoms with Crippen molar-refractivity contribution in [2.24, 2.45) is 4.99 Å². The standard InChI is InChI=1S/C19H23ClN4O/c1-21-19(24-14-15-8-10-17(20)11-9-15)23-13-5-12-22-18(25)16-6-3-2-4-7-16/h2-4,6-11H,5,12-14H2,1H3,(H,22,25)(H2,21,23,24). The van der Waals surface area contributed by atoms with E-state index in [9.17, 15) is 4.79 Å². The largest absolute Gasteiger partial charge is 0.356 e. The van der Waals surface area contributed by atoms with Gasteiger partial charge in [-0.15, -0.1) is 0 Å². The van der Waals surface area contributed by atoms with Crippen LogP contribution in [0.15, 0.2) is 59.6 Å². The molecule has 0 radical (unpaired) electrons. The van der Waals surface area contributed by atoms with E-state index in [4.69, 9.17) is 11.6 Å². The number of halogens is 1. The van der Waals surface area contributed by atoms with Crippen LogP contribution in [0.25, 0.3) is 0 Å². The molecule has 0 fully saturated rings. The lowest BCUT2D eigenvalue weighted by Gasteiger charge is -2.12. The van der Waals surface area contributed by atoms with Gasteiger partial charge in [-0.25, -0.2) is 0 Å². The lowest BCUT2D eigenvalue weighted by Crippen LogP contribution is -2.38. The van der Waals surface area contributed by atoms with E-state index in [1.807, 2.05) is 42.5 Å². The maximum Gasteiger partial charge on any atom is 0.251 e. The third-order valence-electron chi connectivity index (χ3n) is 3.56. The number of carbonyl (C=O) groups is 1. The van der Waals surface area contributed by atoms with Gasteiger partial charge < -0.3 is 16.0 Å². The molecule has 2 aromatic rings. The van der Waals surface area contributed by atoms with Crippen LogP contribution in [-0.4, -0.2) is 32.0 Å². The monoisotopic (exact) mass is 358 g/mol. The number of hydrogen-bond donors (Lipinski definition) is 3. The zero-order valence-corrected chi connectivity index (χ0v) is 15.0. The van der Waals surface area contributed by atoms with Crippen molar-refractivity contribution in [1.29, 1.82) is 0 Å². The topological polar surface area (TPSA) is 65.5 Å². The van der Waals surface area contributed by atoms with E-state index in [1.165, 1.54) is 0 Å². The summed E-state index contributed by atoms with van der Waals surface area (Å²) in [6, 6.07) is 16.9. The van der Waals surface area contributed by atoms with Crippen LogP contribution >= 0.6 is 11.6 Å². The van der Waals surface area contributed by atoms with Crippen LogP contribution in [0.4, 0.5) is 0 Å². The Morgan fingerprint density at radius 2 is 1.64 bits per heavy atom. The molecule has 0 aliphatic carbocycles. The number of benzene rings is 2. The minimum Gasteiger partial charge on any atom is -0.356 e. The number of amides is 1. The Morgan fingerprint density at radius 3 is 2.32 bits per heavy atom. The molecule has 132 valence electrons. The molecule has 5 nitrogen and oxygen atoms in total. The van der Waals surface area contributed by atoms with Crippen LogP contribution in [0.3, 0.4) is 0 Å². The van der Waals surface area contributed by atoms with Crippen molar-refractivity contribution in [3.8, 4) is 0 Å². The van der Waals surface area contributed by atoms with E-state index in [1.54, 1.807) is 19.2 Å². The Labute approximate surface area is 153 Å². The smallest absolute Gasteiger partial charge is 0.251 e. The van der Waals surface area contributed by atoms with E-state index in [0.29, 0.717) is 18.7 Å². The minimum atomic E-state index is -0.0501. The van der Waals surface area contributed by atoms with Gasteiger partial charge in [-0.1, -0.05) is 41.9 Å². The van der Waals surface area contributed by atoms with E-state index < -0.39 is 0 Å². The number of hydrogen-bond acceptors (Lipinski definition) is 2. The van der Waals surface area contributed by atoms with Crippen molar-refractivity contribution in [1.82, 2.24) is 16.0 Å². The Bertz CT molecular complexity index is 686. The van der Waals surface area contributed by atoms with Crippen LogP contribution in [-0.2, 0) is 6.54 Å². The number of nitrogens with zero attached hydrogens (tertiary/aromatic N) is 1. The predicted molar refractivity (Wildman–Crippen MR) is 103 cm³/mol. The number of guanidine groups is 1. The maximum atomic E-state index is 11.9. The zero-order valence-electron chi connectivity index (χ0n) is 14.3. The molecule has 0 atom stereocenters. The van der Waals surface area contributed by atoms with Gasteiger partial charge in [0.25, 0.3) is 5.91 Å². The molecule has 1 amide bonds. The molecule has 2 aromatic carbocycles. The fourth-order valence-electron chi connectivity index (χ4n) is 2.20. The normalized spacial score (nSPS) is 11.0. The van der Waals surface area contributed by atoms with Crippen molar-refractivity contribution in [2.75, 3.05) is 20.1 Å². The van der Waals surface area contributed by atoms with Gasteiger partial charge in [0.15, 0.2) is 5.96 Å². The van der Waals surface area contributed by atoms with Crippen molar-refractivity contribution in [3.05, 3.63) is 70.7 Å². The van der Waals surface area contributed by atoms with E-state index >= 15 is 0 Å². The van der Waals surface area contributed by atoms with E-state index in [2.05, 4.69) is 20.9 Å². The van der Waals surface area contributed by atoms with Crippen molar-refractivity contribution in [3.63, 3.8) is 0 Å². The number of rotatable bonds is 7. The zero-order chi connectivity index (χ0) is 17.9. The summed E-state index contributed by atoms with van der Waals surface area (Å²) in [6.07, 6.45) is 0.806. The van der Waals surface area contributed by atoms with Gasteiger partial charge in [-0.3, -0.25) is 9.79 Å². The summed E-state index contributed by atoms with van der Waals surface area (Å²) in [5.74, 6) is 0.676. The molecule has 0 bridgehead atoms. The number of carbonyl (C=O) groups excluding carboxylic acids is 1. The molecule has 0 aliphatic rings. The average Bonchev–Trinajstić information content (AvgIpc) is 2.65. The highest BCUT2D eigenvalue weighted by Gasteiger charge is 2.03. The fourth-order valence-corrected chi connectivity index (χ4v) is 2.32. The Hall–Kier alpha value is -2.53. The molecule has 2 rings (SSSR count). The summed E-state index contributed by atoms with van der Waals surface area (Å²) in [6.45, 7) is 1.99. The second-order valence-electron chi connectivity index (χ2n) is 5.45. The van der Waals surface area contributed by atoms with Crippen molar-refractivity contribution >= 4 is 23.5 Å². The van der Waals surface area contributed by atoms with Crippen molar-refractivity contribution in [2.45, 2.75) is 13.0 Å². The average molecular weight is 359 g/mol. The molecule has 0 aromatic heterocycles. The highest BCUT2D eigenvalue weighted by Crippen LogP contribution is 2.08. The summed E-state index contributed by atoms with van der Waals surface area (Å²) < 4.78 is 0. The van der Waals surface area contributed by atoms with Crippen LogP contribution in [0.1, 0.15) is 22.3 Å². The summed E-state index contributed by atoms with van der Waals surface area (Å²) in [7, 11) is 1.73. The summed E-state index contributed by atoms with van der Waals surface area (Å²) >= 11 is 5.87. The Morgan fingerprint density at radius 1 is 0.960 bits per heavy atom. The first kappa shape index (κ1) is 18.8. The highest BCUT2D eigenvalue weighted by molar-refractivity contribution is 6.30. The number of aliphatic imine (C=N–C) groups is 1. The molecular weight excluding hydrogens is 336 g/mol. The summed E-state index contributed by atoms with van der Waals surface area (Å²) in [4.78, 5) is 16.1. The SMILES string of the molecule is CN=C(NCCCNC(=O)c1ccccc1)NCc1ccc(Cl)cc1. The van der Waals surface area contributed by atoms with Crippen LogP contribution < -0.4 is 16.0 Å². The van der Waals surface area contributed by atoms with Crippen molar-refractivity contribution < 1.29 is 4.79 Å². The third-order valence-corrected chi connectivity index (χ3v) is 3.82. The van der Waals surface area contributed by atoms with Gasteiger partial charge in [-0.05, 0) is 36.2 Å². The number of nitrogens with one attached hydrogen (secondary N) is 3. The molecule has 25 heavy (non-hydrogen) atoms. The first-order chi connectivity index (χ1) is 12.2. The highest BCUT2D eigenvalue weighted by atomic mass is 35.5. The maximum absolute atomic E-state index is 11.9. The van der Waals surface area contributed by atoms with Crippen LogP contribution in [0.2, 0.25) is 5.02 Å². The molecule has 0 unspecified atom stereocenters. The van der Waals surface area contributed by atoms with E-state index in [-0.39, 0.29) is 5.91 Å². The molecule has 0 saturated carbocycles. The lowest BCUT2D eigenvalue weighted by molar-refractivity contribution is 0.0953. The Kier molecular flexibility index (Phi) is 7.79. The molecule has 0 saturated heterocycles. The predicted octanol–water partition coefficient (Wildman–Crippen LogP) is 2.83. The second-order valence-corrected chi connectivity index (χ2v) is 5.89. The van der Waals surface area contributed by atoms with Crippen LogP contribution in [0.5, 0.6) is 0 Å². The third kappa shape index (κ3) is 6.85. The van der Waals surface area contributed by atoms with Gasteiger partial charge in [0, 0.05) is 37.3 Å². The molecule has 3 N–H and O–H groups in total. The second kappa shape index (κ2) is 10.4. The molecule has 0 aliphatic heterocycles. The minimum absolute atomic E-state index is 0.0501. The fraction of sp³-hybridized carbons (Fsp3) is 0.263. The molecule has 6 heteroatoms.